The summed E-state index contributed by atoms with van der Waals surface area (Å²) < 4.78 is 36.1. The van der Waals surface area contributed by atoms with Gasteiger partial charge in [-0.05, 0) is 55.3 Å². The Hall–Kier alpha value is -3.17. The number of anilines is 1. The van der Waals surface area contributed by atoms with Gasteiger partial charge in [0.1, 0.15) is 5.58 Å². The number of esters is 1. The molecule has 0 saturated carbocycles. The zero-order chi connectivity index (χ0) is 22.8. The fraction of sp³-hybridized carbons (Fsp3) is 0.273. The number of aryl methyl sites for hydroxylation is 2. The number of hydrogen-bond donors (Lipinski definition) is 1. The van der Waals surface area contributed by atoms with E-state index in [1.807, 2.05) is 26.0 Å². The van der Waals surface area contributed by atoms with Gasteiger partial charge in [-0.2, -0.15) is 0 Å². The van der Waals surface area contributed by atoms with Crippen LogP contribution in [0.3, 0.4) is 0 Å². The molecule has 0 aliphatic rings. The van der Waals surface area contributed by atoms with Crippen LogP contribution >= 0.6 is 0 Å². The van der Waals surface area contributed by atoms with Crippen molar-refractivity contribution in [2.45, 2.75) is 25.2 Å². The Balaban J connectivity index is 1.59. The zero-order valence-electron chi connectivity index (χ0n) is 17.8. The molecule has 0 atom stereocenters. The van der Waals surface area contributed by atoms with Crippen LogP contribution in [0.25, 0.3) is 11.0 Å². The predicted octanol–water partition coefficient (Wildman–Crippen LogP) is 3.02. The van der Waals surface area contributed by atoms with Gasteiger partial charge in [0, 0.05) is 30.7 Å². The van der Waals surface area contributed by atoms with Crippen molar-refractivity contribution >= 4 is 38.6 Å². The average Bonchev–Trinajstić information content (AvgIpc) is 3.08. The van der Waals surface area contributed by atoms with Crippen molar-refractivity contribution in [1.82, 2.24) is 4.31 Å². The highest BCUT2D eigenvalue weighted by atomic mass is 32.2. The first kappa shape index (κ1) is 22.5. The molecule has 1 aromatic heterocycles. The van der Waals surface area contributed by atoms with Gasteiger partial charge in [0.05, 0.1) is 17.6 Å². The van der Waals surface area contributed by atoms with Crippen molar-refractivity contribution in [2.75, 3.05) is 26.0 Å². The lowest BCUT2D eigenvalue weighted by atomic mass is 10.0. The lowest BCUT2D eigenvalue weighted by molar-refractivity contribution is -0.146. The number of nitrogens with one attached hydrogen (secondary N) is 1. The third kappa shape index (κ3) is 5.12. The molecule has 3 rings (SSSR count). The average molecular weight is 445 g/mol. The minimum Gasteiger partial charge on any atom is -0.464 e. The van der Waals surface area contributed by atoms with E-state index in [4.69, 9.17) is 9.15 Å². The van der Waals surface area contributed by atoms with Gasteiger partial charge < -0.3 is 14.5 Å². The highest BCUT2D eigenvalue weighted by Gasteiger charge is 2.18. The lowest BCUT2D eigenvalue weighted by Gasteiger charge is -2.12. The normalized spacial score (nSPS) is 11.6. The Labute approximate surface area is 180 Å². The van der Waals surface area contributed by atoms with Gasteiger partial charge in [0.15, 0.2) is 6.61 Å². The second-order valence-electron chi connectivity index (χ2n) is 7.39. The van der Waals surface area contributed by atoms with E-state index in [0.29, 0.717) is 11.1 Å². The quantitative estimate of drug-likeness (QED) is 0.562. The molecule has 0 aliphatic carbocycles. The summed E-state index contributed by atoms with van der Waals surface area (Å²) in [4.78, 5) is 24.4. The molecule has 1 amide bonds. The minimum absolute atomic E-state index is 0.0284. The highest BCUT2D eigenvalue weighted by Crippen LogP contribution is 2.25. The van der Waals surface area contributed by atoms with Crippen molar-refractivity contribution < 1.29 is 27.2 Å². The number of nitrogens with zero attached hydrogens (tertiary/aromatic N) is 1. The van der Waals surface area contributed by atoms with Crippen LogP contribution in [0.2, 0.25) is 0 Å². The number of rotatable bonds is 7. The summed E-state index contributed by atoms with van der Waals surface area (Å²) in [5.74, 6) is -1.14. The van der Waals surface area contributed by atoms with Gasteiger partial charge in [0.2, 0.25) is 10.0 Å². The first-order valence-corrected chi connectivity index (χ1v) is 11.0. The molecule has 0 saturated heterocycles. The molecule has 3 aromatic rings. The Bertz CT molecular complexity index is 1240. The largest absolute Gasteiger partial charge is 0.464 e. The van der Waals surface area contributed by atoms with Gasteiger partial charge in [-0.15, -0.1) is 0 Å². The molecule has 2 aromatic carbocycles. The van der Waals surface area contributed by atoms with Gasteiger partial charge in [0.25, 0.3) is 5.91 Å². The number of carbonyl (C=O) groups excluding carboxylic acids is 2. The van der Waals surface area contributed by atoms with Crippen LogP contribution < -0.4 is 5.32 Å². The molecule has 0 radical (unpaired) electrons. The van der Waals surface area contributed by atoms with Crippen LogP contribution in [0.15, 0.2) is 52.0 Å². The predicted molar refractivity (Wildman–Crippen MR) is 116 cm³/mol. The van der Waals surface area contributed by atoms with E-state index >= 15 is 0 Å². The standard InChI is InChI=1S/C22H24N2O6S/c1-14-8-19-16(12-29-20(19)9-15(14)2)10-22(26)30-13-21(25)23-17-6-5-7-18(11-17)31(27,28)24(3)4/h5-9,11-12H,10,13H2,1-4H3,(H,23,25). The Morgan fingerprint density at radius 2 is 1.81 bits per heavy atom. The van der Waals surface area contributed by atoms with Crippen LogP contribution in [0.1, 0.15) is 16.7 Å². The smallest absolute Gasteiger partial charge is 0.310 e. The molecule has 0 bridgehead atoms. The highest BCUT2D eigenvalue weighted by molar-refractivity contribution is 7.89. The van der Waals surface area contributed by atoms with Gasteiger partial charge >= 0.3 is 5.97 Å². The molecule has 9 heteroatoms. The molecule has 164 valence electrons. The van der Waals surface area contributed by atoms with E-state index < -0.39 is 28.5 Å². The summed E-state index contributed by atoms with van der Waals surface area (Å²) in [6, 6.07) is 9.72. The number of furan rings is 1. The van der Waals surface area contributed by atoms with Gasteiger partial charge in [-0.3, -0.25) is 9.59 Å². The number of carbonyl (C=O) groups is 2. The van der Waals surface area contributed by atoms with Crippen LogP contribution in [-0.2, 0) is 30.8 Å². The summed E-state index contributed by atoms with van der Waals surface area (Å²) in [6.07, 6.45) is 1.49. The molecule has 1 N–H and O–H groups in total. The van der Waals surface area contributed by atoms with E-state index in [-0.39, 0.29) is 17.0 Å². The second kappa shape index (κ2) is 8.91. The van der Waals surface area contributed by atoms with E-state index in [0.717, 1.165) is 20.8 Å². The molecule has 0 fully saturated rings. The second-order valence-corrected chi connectivity index (χ2v) is 9.55. The monoisotopic (exact) mass is 444 g/mol. The summed E-state index contributed by atoms with van der Waals surface area (Å²) in [7, 11) is -0.781. The van der Waals surface area contributed by atoms with Crippen molar-refractivity contribution in [3.63, 3.8) is 0 Å². The molecule has 0 aliphatic heterocycles. The zero-order valence-corrected chi connectivity index (χ0v) is 18.6. The SMILES string of the molecule is Cc1cc2occ(CC(=O)OCC(=O)Nc3cccc(S(=O)(=O)N(C)C)c3)c2cc1C. The number of benzene rings is 2. The van der Waals surface area contributed by atoms with E-state index in [2.05, 4.69) is 5.32 Å². The Morgan fingerprint density at radius 3 is 2.52 bits per heavy atom. The fourth-order valence-electron chi connectivity index (χ4n) is 2.97. The lowest BCUT2D eigenvalue weighted by Crippen LogP contribution is -2.23. The van der Waals surface area contributed by atoms with E-state index in [1.165, 1.54) is 38.6 Å². The van der Waals surface area contributed by atoms with Gasteiger partial charge in [-0.25, -0.2) is 12.7 Å². The first-order chi connectivity index (χ1) is 14.6. The molecule has 0 unspecified atom stereocenters. The first-order valence-electron chi connectivity index (χ1n) is 9.53. The van der Waals surface area contributed by atoms with Gasteiger partial charge in [-0.1, -0.05) is 6.07 Å². The molecule has 0 spiro atoms. The maximum atomic E-state index is 12.2. The van der Waals surface area contributed by atoms with Crippen LogP contribution in [0, 0.1) is 13.8 Å². The summed E-state index contributed by atoms with van der Waals surface area (Å²) in [6.45, 7) is 3.47. The molecule has 1 heterocycles. The van der Waals surface area contributed by atoms with Crippen molar-refractivity contribution in [3.05, 3.63) is 59.4 Å². The van der Waals surface area contributed by atoms with Crippen LogP contribution in [0.4, 0.5) is 5.69 Å². The van der Waals surface area contributed by atoms with E-state index in [1.54, 1.807) is 6.07 Å². The summed E-state index contributed by atoms with van der Waals surface area (Å²) in [5, 5.41) is 3.37. The van der Waals surface area contributed by atoms with Crippen molar-refractivity contribution in [2.24, 2.45) is 0 Å². The number of fused-ring (bicyclic) bond motifs is 1. The third-order valence-electron chi connectivity index (χ3n) is 4.87. The molecular formula is C22H24N2O6S. The minimum atomic E-state index is -3.63. The van der Waals surface area contributed by atoms with Crippen molar-refractivity contribution in [3.8, 4) is 0 Å². The van der Waals surface area contributed by atoms with Crippen LogP contribution in [-0.4, -0.2) is 45.3 Å². The third-order valence-corrected chi connectivity index (χ3v) is 6.68. The number of ether oxygens (including phenoxy) is 1. The molecular weight excluding hydrogens is 420 g/mol. The maximum Gasteiger partial charge on any atom is 0.310 e. The number of hydrogen-bond acceptors (Lipinski definition) is 6. The van der Waals surface area contributed by atoms with Crippen LogP contribution in [0.5, 0.6) is 0 Å². The topological polar surface area (TPSA) is 106 Å². The molecule has 31 heavy (non-hydrogen) atoms. The number of sulfonamides is 1. The number of amides is 1. The molecule has 8 nitrogen and oxygen atoms in total. The fourth-order valence-corrected chi connectivity index (χ4v) is 3.92. The summed E-state index contributed by atoms with van der Waals surface area (Å²) >= 11 is 0. The Morgan fingerprint density at radius 1 is 1.10 bits per heavy atom. The Kier molecular flexibility index (Phi) is 6.47. The summed E-state index contributed by atoms with van der Waals surface area (Å²) in [5.41, 5.74) is 3.84. The maximum absolute atomic E-state index is 12.2. The van der Waals surface area contributed by atoms with Crippen molar-refractivity contribution in [1.29, 1.82) is 0 Å². The van der Waals surface area contributed by atoms with E-state index in [9.17, 15) is 18.0 Å².